The fourth-order valence-corrected chi connectivity index (χ4v) is 3.87. The number of carboxylic acid groups (broad SMARTS) is 1. The summed E-state index contributed by atoms with van der Waals surface area (Å²) in [7, 11) is 0.0457. The van der Waals surface area contributed by atoms with E-state index in [1.54, 1.807) is 0 Å². The highest BCUT2D eigenvalue weighted by Gasteiger charge is 2.60. The molecule has 0 saturated carbocycles. The number of aliphatic hydroxyl groups is 1. The van der Waals surface area contributed by atoms with Gasteiger partial charge in [-0.25, -0.2) is 4.79 Å². The van der Waals surface area contributed by atoms with Crippen molar-refractivity contribution in [3.63, 3.8) is 0 Å². The standard InChI is InChI=1S/C10H21NO6S/c1-5-8(18(15,16)17)10(6-7-12,9(13)14)11(2,3)4/h8,12H,5-7H2,1-4H3,(H-,13,14,15,16,17)/p+1. The number of aliphatic hydroxyl groups excluding tert-OH is 1. The molecule has 8 heteroatoms. The summed E-state index contributed by atoms with van der Waals surface area (Å²) in [6.45, 7) is 1.01. The van der Waals surface area contributed by atoms with E-state index in [-0.39, 0.29) is 17.3 Å². The lowest BCUT2D eigenvalue weighted by Crippen LogP contribution is -2.69. The Morgan fingerprint density at radius 1 is 1.33 bits per heavy atom. The van der Waals surface area contributed by atoms with Gasteiger partial charge < -0.3 is 14.7 Å². The van der Waals surface area contributed by atoms with Crippen molar-refractivity contribution in [3.8, 4) is 0 Å². The summed E-state index contributed by atoms with van der Waals surface area (Å²) in [5.41, 5.74) is -1.79. The quantitative estimate of drug-likeness (QED) is 0.432. The van der Waals surface area contributed by atoms with Crippen LogP contribution >= 0.6 is 0 Å². The van der Waals surface area contributed by atoms with Gasteiger partial charge in [0.15, 0.2) is 5.25 Å². The number of nitrogens with zero attached hydrogens (tertiary/aromatic N) is 1. The molecule has 0 aliphatic carbocycles. The zero-order valence-corrected chi connectivity index (χ0v) is 11.9. The largest absolute Gasteiger partial charge is 0.477 e. The summed E-state index contributed by atoms with van der Waals surface area (Å²) in [5, 5.41) is 17.1. The Kier molecular flexibility index (Phi) is 5.30. The minimum atomic E-state index is -4.53. The molecule has 0 fully saturated rings. The van der Waals surface area contributed by atoms with Crippen LogP contribution in [-0.4, -0.2) is 72.2 Å². The number of carbonyl (C=O) groups is 1. The highest BCUT2D eigenvalue weighted by Crippen LogP contribution is 2.33. The second-order valence-corrected chi connectivity index (χ2v) is 6.73. The highest BCUT2D eigenvalue weighted by molar-refractivity contribution is 7.86. The number of quaternary nitrogens is 1. The Morgan fingerprint density at radius 3 is 1.94 bits per heavy atom. The van der Waals surface area contributed by atoms with Crippen molar-refractivity contribution in [1.82, 2.24) is 0 Å². The minimum absolute atomic E-state index is 0.0549. The van der Waals surface area contributed by atoms with E-state index in [9.17, 15) is 22.9 Å². The van der Waals surface area contributed by atoms with Gasteiger partial charge in [0.2, 0.25) is 5.54 Å². The molecular formula is C10H22NO6S+. The second kappa shape index (κ2) is 5.52. The molecule has 0 heterocycles. The van der Waals surface area contributed by atoms with Crippen molar-refractivity contribution in [1.29, 1.82) is 0 Å². The van der Waals surface area contributed by atoms with Crippen LogP contribution in [0.5, 0.6) is 0 Å². The first-order valence-corrected chi connectivity index (χ1v) is 7.07. The van der Waals surface area contributed by atoms with Gasteiger partial charge in [-0.2, -0.15) is 8.42 Å². The zero-order chi connectivity index (χ0) is 14.8. The van der Waals surface area contributed by atoms with Gasteiger partial charge in [-0.1, -0.05) is 6.92 Å². The van der Waals surface area contributed by atoms with E-state index >= 15 is 0 Å². The topological polar surface area (TPSA) is 112 Å². The molecular weight excluding hydrogens is 262 g/mol. The molecule has 0 spiro atoms. The molecule has 3 N–H and O–H groups in total. The molecule has 2 atom stereocenters. The normalized spacial score (nSPS) is 18.1. The van der Waals surface area contributed by atoms with Crippen molar-refractivity contribution in [2.75, 3.05) is 27.7 Å². The zero-order valence-electron chi connectivity index (χ0n) is 11.1. The van der Waals surface area contributed by atoms with E-state index in [1.165, 1.54) is 28.1 Å². The smallest absolute Gasteiger partial charge is 0.367 e. The van der Waals surface area contributed by atoms with Gasteiger partial charge in [-0.05, 0) is 6.42 Å². The third-order valence-electron chi connectivity index (χ3n) is 3.32. The van der Waals surface area contributed by atoms with E-state index in [4.69, 9.17) is 5.11 Å². The minimum Gasteiger partial charge on any atom is -0.477 e. The summed E-state index contributed by atoms with van der Waals surface area (Å²) in [4.78, 5) is 11.6. The van der Waals surface area contributed by atoms with Gasteiger partial charge in [0, 0.05) is 13.0 Å². The fourth-order valence-electron chi connectivity index (χ4n) is 2.43. The molecule has 0 aliphatic rings. The van der Waals surface area contributed by atoms with Gasteiger partial charge in [0.05, 0.1) is 21.1 Å². The van der Waals surface area contributed by atoms with Gasteiger partial charge in [-0.3, -0.25) is 4.55 Å². The molecule has 0 radical (unpaired) electrons. The Morgan fingerprint density at radius 2 is 1.78 bits per heavy atom. The molecule has 0 bridgehead atoms. The van der Waals surface area contributed by atoms with E-state index < -0.39 is 33.5 Å². The summed E-state index contributed by atoms with van der Waals surface area (Å²) in [5.74, 6) is -1.35. The van der Waals surface area contributed by atoms with Crippen molar-refractivity contribution < 1.29 is 32.5 Å². The lowest BCUT2D eigenvalue weighted by molar-refractivity contribution is -0.914. The third kappa shape index (κ3) is 3.00. The average molecular weight is 284 g/mol. The van der Waals surface area contributed by atoms with Crippen LogP contribution in [0.3, 0.4) is 0 Å². The van der Waals surface area contributed by atoms with E-state index in [0.29, 0.717) is 0 Å². The number of aliphatic carboxylic acids is 1. The predicted octanol–water partition coefficient (Wildman–Crippen LogP) is -0.435. The summed E-state index contributed by atoms with van der Waals surface area (Å²) in [6.07, 6.45) is -0.315. The molecule has 0 aromatic carbocycles. The Balaban J connectivity index is 6.09. The summed E-state index contributed by atoms with van der Waals surface area (Å²) in [6, 6.07) is 0. The van der Waals surface area contributed by atoms with Crippen molar-refractivity contribution >= 4 is 16.1 Å². The third-order valence-corrected chi connectivity index (χ3v) is 4.77. The first-order valence-electron chi connectivity index (χ1n) is 5.57. The number of likely N-dealkylation sites (N-methyl/N-ethyl adjacent to an activating group) is 1. The van der Waals surface area contributed by atoms with Gasteiger partial charge >= 0.3 is 5.97 Å². The Bertz CT molecular complexity index is 399. The molecule has 0 rings (SSSR count). The molecule has 0 aromatic heterocycles. The Labute approximate surface area is 107 Å². The average Bonchev–Trinajstić information content (AvgIpc) is 2.12. The van der Waals surface area contributed by atoms with Gasteiger partial charge in [0.25, 0.3) is 10.1 Å². The number of rotatable bonds is 7. The number of hydrogen-bond donors (Lipinski definition) is 3. The monoisotopic (exact) mass is 284 g/mol. The first-order chi connectivity index (χ1) is 7.95. The van der Waals surface area contributed by atoms with Crippen LogP contribution in [0.4, 0.5) is 0 Å². The fraction of sp³-hybridized carbons (Fsp3) is 0.900. The first kappa shape index (κ1) is 17.3. The molecule has 7 nitrogen and oxygen atoms in total. The van der Waals surface area contributed by atoms with Crippen molar-refractivity contribution in [2.45, 2.75) is 30.6 Å². The molecule has 0 amide bonds. The van der Waals surface area contributed by atoms with Crippen LogP contribution in [0.2, 0.25) is 0 Å². The number of carboxylic acids is 1. The van der Waals surface area contributed by atoms with Crippen LogP contribution in [0.15, 0.2) is 0 Å². The maximum Gasteiger partial charge on any atom is 0.367 e. The van der Waals surface area contributed by atoms with E-state index in [2.05, 4.69) is 0 Å². The molecule has 0 aromatic rings. The molecule has 2 unspecified atom stereocenters. The molecule has 0 saturated heterocycles. The number of hydrogen-bond acceptors (Lipinski definition) is 4. The van der Waals surface area contributed by atoms with E-state index in [0.717, 1.165) is 0 Å². The predicted molar refractivity (Wildman–Crippen MR) is 65.7 cm³/mol. The van der Waals surface area contributed by atoms with Crippen LogP contribution in [0, 0.1) is 0 Å². The molecule has 18 heavy (non-hydrogen) atoms. The molecule has 108 valence electrons. The van der Waals surface area contributed by atoms with Gasteiger partial charge in [0.1, 0.15) is 0 Å². The van der Waals surface area contributed by atoms with Crippen molar-refractivity contribution in [2.24, 2.45) is 0 Å². The van der Waals surface area contributed by atoms with Gasteiger partial charge in [-0.15, -0.1) is 0 Å². The van der Waals surface area contributed by atoms with E-state index in [1.807, 2.05) is 0 Å². The van der Waals surface area contributed by atoms with Crippen LogP contribution in [-0.2, 0) is 14.9 Å². The summed E-state index contributed by atoms with van der Waals surface area (Å²) < 4.78 is 31.9. The summed E-state index contributed by atoms with van der Waals surface area (Å²) >= 11 is 0. The van der Waals surface area contributed by atoms with Crippen molar-refractivity contribution in [3.05, 3.63) is 0 Å². The van der Waals surface area contributed by atoms with Crippen LogP contribution in [0.25, 0.3) is 0 Å². The van der Waals surface area contributed by atoms with Crippen LogP contribution < -0.4 is 0 Å². The molecule has 0 aliphatic heterocycles. The highest BCUT2D eigenvalue weighted by atomic mass is 32.2. The SMILES string of the molecule is CCC(C(CCO)(C(=O)O)[N+](C)(C)C)S(=O)(=O)O. The second-order valence-electron chi connectivity index (χ2n) is 5.13. The Hall–Kier alpha value is -0.700. The van der Waals surface area contributed by atoms with Crippen LogP contribution in [0.1, 0.15) is 19.8 Å². The maximum atomic E-state index is 11.6. The lowest BCUT2D eigenvalue weighted by Gasteiger charge is -2.45. The lowest BCUT2D eigenvalue weighted by atomic mass is 9.86. The maximum absolute atomic E-state index is 11.6.